The van der Waals surface area contributed by atoms with Crippen LogP contribution in [0.3, 0.4) is 0 Å². The number of anilines is 2. The van der Waals surface area contributed by atoms with Gasteiger partial charge in [-0.3, -0.25) is 4.79 Å². The Hall–Kier alpha value is -3.11. The van der Waals surface area contributed by atoms with Crippen molar-refractivity contribution in [1.82, 2.24) is 14.0 Å². The van der Waals surface area contributed by atoms with Crippen LogP contribution in [-0.2, 0) is 29.2 Å². The van der Waals surface area contributed by atoms with Crippen molar-refractivity contribution in [3.05, 3.63) is 41.0 Å². The Balaban J connectivity index is 1.76. The fourth-order valence-corrected chi connectivity index (χ4v) is 4.96. The first-order valence-corrected chi connectivity index (χ1v) is 14.4. The van der Waals surface area contributed by atoms with Crippen molar-refractivity contribution < 1.29 is 45.8 Å². The first kappa shape index (κ1) is 32.4. The molecule has 2 aromatic rings. The van der Waals surface area contributed by atoms with Crippen molar-refractivity contribution in [1.29, 1.82) is 0 Å². The van der Waals surface area contributed by atoms with Gasteiger partial charge in [0.2, 0.25) is 0 Å². The summed E-state index contributed by atoms with van der Waals surface area (Å²) in [6.07, 6.45) is 0.0799. The van der Waals surface area contributed by atoms with Gasteiger partial charge in [0.1, 0.15) is 17.7 Å². The number of oxazole rings is 1. The molecule has 2 heterocycles. The monoisotopic (exact) mass is 600 g/mol. The highest BCUT2D eigenvalue weighted by Gasteiger charge is 2.33. The molecule has 0 saturated carbocycles. The predicted molar refractivity (Wildman–Crippen MR) is 146 cm³/mol. The number of nitrogens with zero attached hydrogens (tertiary/aromatic N) is 3. The van der Waals surface area contributed by atoms with Crippen molar-refractivity contribution in [2.75, 3.05) is 51.5 Å². The van der Waals surface area contributed by atoms with Crippen LogP contribution >= 0.6 is 0 Å². The van der Waals surface area contributed by atoms with Crippen molar-refractivity contribution in [3.63, 3.8) is 0 Å². The summed E-state index contributed by atoms with van der Waals surface area (Å²) in [7, 11) is -2.70. The number of nitrogens with one attached hydrogen (secondary N) is 1. The summed E-state index contributed by atoms with van der Waals surface area (Å²) in [5, 5.41) is 0. The number of hydrogen-bond donors (Lipinski definition) is 1. The third kappa shape index (κ3) is 8.94. The van der Waals surface area contributed by atoms with Crippen LogP contribution in [0.5, 0.6) is 0 Å². The van der Waals surface area contributed by atoms with Crippen molar-refractivity contribution in [2.24, 2.45) is 0 Å². The van der Waals surface area contributed by atoms with Gasteiger partial charge in [-0.05, 0) is 64.3 Å². The van der Waals surface area contributed by atoms with E-state index in [0.717, 1.165) is 15.5 Å². The Morgan fingerprint density at radius 1 is 1.20 bits per heavy atom. The maximum Gasteiger partial charge on any atom is 0.423 e. The fraction of sp³-hybridized carbons (Fsp3) is 0.577. The summed E-state index contributed by atoms with van der Waals surface area (Å²) >= 11 is 0. The van der Waals surface area contributed by atoms with E-state index >= 15 is 0 Å². The van der Waals surface area contributed by atoms with Crippen LogP contribution in [0.2, 0.25) is 0 Å². The van der Waals surface area contributed by atoms with E-state index in [2.05, 4.69) is 4.98 Å². The normalized spacial score (nSPS) is 16.7. The van der Waals surface area contributed by atoms with Gasteiger partial charge in [0.25, 0.3) is 5.91 Å². The summed E-state index contributed by atoms with van der Waals surface area (Å²) in [6, 6.07) is 2.29. The van der Waals surface area contributed by atoms with E-state index in [1.54, 1.807) is 34.8 Å². The molecule has 1 N–H and O–H groups in total. The van der Waals surface area contributed by atoms with Gasteiger partial charge in [0.05, 0.1) is 38.2 Å². The number of aromatic nitrogens is 1. The van der Waals surface area contributed by atoms with Crippen LogP contribution in [0.15, 0.2) is 22.8 Å². The van der Waals surface area contributed by atoms with Gasteiger partial charge in [-0.1, -0.05) is 0 Å². The molecule has 1 aliphatic rings. The molecule has 0 radical (unpaired) electrons. The molecule has 0 unspecified atom stereocenters. The second-order valence-electron chi connectivity index (χ2n) is 10.4. The number of carbonyl (C=O) groups is 2. The molecule has 1 aromatic carbocycles. The molecule has 3 rings (SSSR count). The molecular weight excluding hydrogens is 563 g/mol. The van der Waals surface area contributed by atoms with Crippen molar-refractivity contribution in [2.45, 2.75) is 52.7 Å². The third-order valence-electron chi connectivity index (χ3n) is 5.90. The summed E-state index contributed by atoms with van der Waals surface area (Å²) in [5.41, 5.74) is -0.462. The Kier molecular flexibility index (Phi) is 10.8. The van der Waals surface area contributed by atoms with Gasteiger partial charge in [-0.15, -0.1) is 0 Å². The molecule has 1 saturated heterocycles. The zero-order chi connectivity index (χ0) is 30.4. The van der Waals surface area contributed by atoms with Crippen LogP contribution in [-0.4, -0.2) is 88.0 Å². The van der Waals surface area contributed by atoms with Crippen LogP contribution < -0.4 is 9.62 Å². The average molecular weight is 601 g/mol. The minimum Gasteiger partial charge on any atom is -0.443 e. The van der Waals surface area contributed by atoms with E-state index in [-0.39, 0.29) is 49.7 Å². The zero-order valence-electron chi connectivity index (χ0n) is 24.1. The van der Waals surface area contributed by atoms with Crippen LogP contribution in [0, 0.1) is 19.7 Å². The van der Waals surface area contributed by atoms with E-state index in [1.807, 2.05) is 4.72 Å². The predicted octanol–water partition coefficient (Wildman–Crippen LogP) is 3.23. The lowest BCUT2D eigenvalue weighted by Gasteiger charge is -2.26. The lowest BCUT2D eigenvalue weighted by molar-refractivity contribution is -0.0218. The topological polar surface area (TPSA) is 150 Å². The van der Waals surface area contributed by atoms with Gasteiger partial charge in [0, 0.05) is 20.2 Å². The summed E-state index contributed by atoms with van der Waals surface area (Å²) in [6.45, 7) is 9.43. The fourth-order valence-electron chi connectivity index (χ4n) is 3.83. The van der Waals surface area contributed by atoms with E-state index in [9.17, 15) is 22.4 Å². The molecule has 1 atom stereocenters. The smallest absolute Gasteiger partial charge is 0.423 e. The molecule has 13 nitrogen and oxygen atoms in total. The number of aryl methyl sites for hydroxylation is 2. The largest absolute Gasteiger partial charge is 0.443 e. The molecular formula is C26H37FN4O9S. The quantitative estimate of drug-likeness (QED) is 0.403. The van der Waals surface area contributed by atoms with E-state index in [1.165, 1.54) is 19.1 Å². The maximum absolute atomic E-state index is 14.1. The second kappa shape index (κ2) is 13.7. The lowest BCUT2D eigenvalue weighted by atomic mass is 10.1. The van der Waals surface area contributed by atoms with Crippen molar-refractivity contribution >= 4 is 33.9 Å². The lowest BCUT2D eigenvalue weighted by Crippen LogP contribution is -2.44. The molecule has 15 heteroatoms. The number of halogens is 1. The number of rotatable bonds is 10. The number of carbonyl (C=O) groups excluding carboxylic acids is 2. The van der Waals surface area contributed by atoms with E-state index < -0.39 is 39.3 Å². The number of ether oxygens (including phenoxy) is 4. The van der Waals surface area contributed by atoms with Crippen LogP contribution in [0.4, 0.5) is 20.9 Å². The zero-order valence-corrected chi connectivity index (χ0v) is 24.9. The molecule has 0 bridgehead atoms. The Labute approximate surface area is 239 Å². The number of benzene rings is 1. The maximum atomic E-state index is 14.1. The average Bonchev–Trinajstić information content (AvgIpc) is 3.22. The molecule has 1 fully saturated rings. The summed E-state index contributed by atoms with van der Waals surface area (Å²) < 4.78 is 70.1. The van der Waals surface area contributed by atoms with Gasteiger partial charge < -0.3 is 23.4 Å². The Bertz CT molecular complexity index is 1330. The van der Waals surface area contributed by atoms with E-state index in [0.29, 0.717) is 25.2 Å². The minimum atomic E-state index is -4.26. The van der Waals surface area contributed by atoms with Gasteiger partial charge in [-0.2, -0.15) is 22.6 Å². The molecule has 0 aliphatic carbocycles. The Morgan fingerprint density at radius 3 is 2.61 bits per heavy atom. The number of methoxy groups -OCH3 is 1. The minimum absolute atomic E-state index is 0.0247. The third-order valence-corrected chi connectivity index (χ3v) is 7.39. The highest BCUT2D eigenvalue weighted by atomic mass is 32.2. The number of amides is 2. The summed E-state index contributed by atoms with van der Waals surface area (Å²) in [4.78, 5) is 31.1. The standard InChI is InChI=1S/C26H37FN4O9S/c1-17-14-22(18(2)13-20(17)27)31(25(33)40-26(3,4)5)24-28-21(16-39-24)23(32)29-41(34,35)30-8-7-19(38-10-9-30)15-37-12-11-36-6/h13-14,16,19H,7-12,15H2,1-6H3,(H,29,32)/t19-/m0/s1. The highest BCUT2D eigenvalue weighted by Crippen LogP contribution is 2.32. The first-order valence-electron chi connectivity index (χ1n) is 13.0. The second-order valence-corrected chi connectivity index (χ2v) is 12.1. The van der Waals surface area contributed by atoms with Gasteiger partial charge in [0.15, 0.2) is 5.69 Å². The van der Waals surface area contributed by atoms with E-state index in [4.69, 9.17) is 23.4 Å². The molecule has 2 amide bonds. The Morgan fingerprint density at radius 2 is 1.93 bits per heavy atom. The highest BCUT2D eigenvalue weighted by molar-refractivity contribution is 7.87. The molecule has 0 spiro atoms. The number of hydrogen-bond acceptors (Lipinski definition) is 10. The first-order chi connectivity index (χ1) is 19.2. The molecule has 1 aliphatic heterocycles. The van der Waals surface area contributed by atoms with Crippen molar-refractivity contribution in [3.8, 4) is 0 Å². The molecule has 1 aromatic heterocycles. The van der Waals surface area contributed by atoms with Crippen LogP contribution in [0.25, 0.3) is 0 Å². The van der Waals surface area contributed by atoms with Gasteiger partial charge in [-0.25, -0.2) is 13.9 Å². The summed E-state index contributed by atoms with van der Waals surface area (Å²) in [5.74, 6) is -1.54. The van der Waals surface area contributed by atoms with Gasteiger partial charge >= 0.3 is 22.3 Å². The molecule has 228 valence electrons. The van der Waals surface area contributed by atoms with Crippen LogP contribution in [0.1, 0.15) is 48.8 Å². The molecule has 41 heavy (non-hydrogen) atoms. The SMILES string of the molecule is COCCOC[C@@H]1CCN(S(=O)(=O)NC(=O)c2coc(N(C(=O)OC(C)(C)C)c3cc(C)c(F)cc3C)n2)CCO1.